The van der Waals surface area contributed by atoms with Crippen molar-refractivity contribution in [3.8, 4) is 0 Å². The van der Waals surface area contributed by atoms with Crippen LogP contribution in [0.2, 0.25) is 0 Å². The van der Waals surface area contributed by atoms with Crippen molar-refractivity contribution < 1.29 is 19.4 Å². The molecule has 0 aromatic heterocycles. The second-order valence-corrected chi connectivity index (χ2v) is 4.39. The van der Waals surface area contributed by atoms with Gasteiger partial charge in [0.15, 0.2) is 0 Å². The summed E-state index contributed by atoms with van der Waals surface area (Å²) in [6.07, 6.45) is 0.379. The first-order chi connectivity index (χ1) is 7.92. The molecule has 0 rings (SSSR count). The fourth-order valence-corrected chi connectivity index (χ4v) is 1.86. The normalized spacial score (nSPS) is 14.1. The van der Waals surface area contributed by atoms with Gasteiger partial charge >= 0.3 is 5.97 Å². The molecular weight excluding hydrogens is 222 g/mol. The molecule has 1 amide bonds. The number of amides is 1. The van der Waals surface area contributed by atoms with Crippen molar-refractivity contribution in [3.05, 3.63) is 0 Å². The highest BCUT2D eigenvalue weighted by Crippen LogP contribution is 2.10. The molecule has 0 bridgehead atoms. The van der Waals surface area contributed by atoms with Crippen LogP contribution in [0.25, 0.3) is 0 Å². The number of carboxylic acid groups (broad SMARTS) is 1. The predicted molar refractivity (Wildman–Crippen MR) is 64.8 cm³/mol. The standard InChI is InChI=1S/C12H23NO4/c1-5-13(10(3)7-12(15)16)11(14)6-9(2)8-17-4/h9-10H,5-8H2,1-4H3,(H,15,16). The molecule has 0 aromatic rings. The number of rotatable bonds is 8. The Morgan fingerprint density at radius 1 is 1.29 bits per heavy atom. The molecule has 0 saturated heterocycles. The number of nitrogens with zero attached hydrogens (tertiary/aromatic N) is 1. The third kappa shape index (κ3) is 6.26. The Hall–Kier alpha value is -1.10. The lowest BCUT2D eigenvalue weighted by Crippen LogP contribution is -2.40. The molecule has 0 aliphatic heterocycles. The van der Waals surface area contributed by atoms with Gasteiger partial charge in [0.05, 0.1) is 6.42 Å². The van der Waals surface area contributed by atoms with Crippen LogP contribution in [0.3, 0.4) is 0 Å². The summed E-state index contributed by atoms with van der Waals surface area (Å²) in [5.41, 5.74) is 0. The van der Waals surface area contributed by atoms with Gasteiger partial charge in [-0.1, -0.05) is 6.92 Å². The van der Waals surface area contributed by atoms with Crippen LogP contribution < -0.4 is 0 Å². The molecule has 1 N–H and O–H groups in total. The third-order valence-corrected chi connectivity index (χ3v) is 2.64. The van der Waals surface area contributed by atoms with Crippen molar-refractivity contribution in [1.29, 1.82) is 0 Å². The van der Waals surface area contributed by atoms with Gasteiger partial charge in [-0.3, -0.25) is 9.59 Å². The zero-order valence-corrected chi connectivity index (χ0v) is 11.1. The number of ether oxygens (including phenoxy) is 1. The number of carbonyl (C=O) groups excluding carboxylic acids is 1. The Kier molecular flexibility index (Phi) is 7.54. The maximum atomic E-state index is 12.0. The molecule has 2 unspecified atom stereocenters. The molecule has 0 heterocycles. The van der Waals surface area contributed by atoms with Crippen molar-refractivity contribution in [2.45, 2.75) is 39.7 Å². The Morgan fingerprint density at radius 3 is 2.29 bits per heavy atom. The van der Waals surface area contributed by atoms with Gasteiger partial charge in [0, 0.05) is 32.7 Å². The average molecular weight is 245 g/mol. The summed E-state index contributed by atoms with van der Waals surface area (Å²) >= 11 is 0. The van der Waals surface area contributed by atoms with Crippen molar-refractivity contribution in [3.63, 3.8) is 0 Å². The second kappa shape index (κ2) is 8.06. The minimum absolute atomic E-state index is 0.00852. The highest BCUT2D eigenvalue weighted by atomic mass is 16.5. The van der Waals surface area contributed by atoms with Crippen LogP contribution in [0.4, 0.5) is 0 Å². The van der Waals surface area contributed by atoms with E-state index in [0.29, 0.717) is 19.6 Å². The predicted octanol–water partition coefficient (Wildman–Crippen LogP) is 1.37. The smallest absolute Gasteiger partial charge is 0.305 e. The number of methoxy groups -OCH3 is 1. The third-order valence-electron chi connectivity index (χ3n) is 2.64. The Morgan fingerprint density at radius 2 is 1.88 bits per heavy atom. The van der Waals surface area contributed by atoms with E-state index in [2.05, 4.69) is 0 Å². The van der Waals surface area contributed by atoms with Gasteiger partial charge in [-0.05, 0) is 19.8 Å². The lowest BCUT2D eigenvalue weighted by Gasteiger charge is -2.28. The molecule has 0 aliphatic rings. The van der Waals surface area contributed by atoms with E-state index in [9.17, 15) is 9.59 Å². The molecule has 0 fully saturated rings. The Balaban J connectivity index is 4.33. The SMILES string of the molecule is CCN(C(=O)CC(C)COC)C(C)CC(=O)O. The largest absolute Gasteiger partial charge is 0.481 e. The van der Waals surface area contributed by atoms with Gasteiger partial charge in [-0.2, -0.15) is 0 Å². The summed E-state index contributed by atoms with van der Waals surface area (Å²) in [4.78, 5) is 24.2. The molecule has 2 atom stereocenters. The van der Waals surface area contributed by atoms with E-state index in [4.69, 9.17) is 9.84 Å². The maximum Gasteiger partial charge on any atom is 0.305 e. The summed E-state index contributed by atoms with van der Waals surface area (Å²) in [7, 11) is 1.60. The molecule has 5 heteroatoms. The topological polar surface area (TPSA) is 66.8 Å². The van der Waals surface area contributed by atoms with E-state index in [1.807, 2.05) is 13.8 Å². The fourth-order valence-electron chi connectivity index (χ4n) is 1.86. The van der Waals surface area contributed by atoms with Crippen molar-refractivity contribution in [2.24, 2.45) is 5.92 Å². The number of carbonyl (C=O) groups is 2. The lowest BCUT2D eigenvalue weighted by atomic mass is 10.1. The van der Waals surface area contributed by atoms with Crippen LogP contribution in [0, 0.1) is 5.92 Å². The van der Waals surface area contributed by atoms with E-state index in [1.54, 1.807) is 18.9 Å². The van der Waals surface area contributed by atoms with Crippen LogP contribution in [-0.4, -0.2) is 48.2 Å². The highest BCUT2D eigenvalue weighted by molar-refractivity contribution is 5.77. The van der Waals surface area contributed by atoms with Gasteiger partial charge in [0.1, 0.15) is 0 Å². The number of hydrogen-bond donors (Lipinski definition) is 1. The molecule has 0 spiro atoms. The first-order valence-electron chi connectivity index (χ1n) is 5.92. The average Bonchev–Trinajstić information content (AvgIpc) is 2.17. The van der Waals surface area contributed by atoms with Gasteiger partial charge < -0.3 is 14.7 Å². The maximum absolute atomic E-state index is 12.0. The van der Waals surface area contributed by atoms with Gasteiger partial charge in [0.25, 0.3) is 0 Å². The molecule has 0 saturated carbocycles. The summed E-state index contributed by atoms with van der Waals surface area (Å²) < 4.78 is 4.98. The van der Waals surface area contributed by atoms with E-state index >= 15 is 0 Å². The minimum atomic E-state index is -0.881. The minimum Gasteiger partial charge on any atom is -0.481 e. The molecule has 5 nitrogen and oxygen atoms in total. The van der Waals surface area contributed by atoms with E-state index < -0.39 is 5.97 Å². The second-order valence-electron chi connectivity index (χ2n) is 4.39. The first-order valence-corrected chi connectivity index (χ1v) is 5.92. The van der Waals surface area contributed by atoms with E-state index in [0.717, 1.165) is 0 Å². The molecule has 0 aromatic carbocycles. The van der Waals surface area contributed by atoms with E-state index in [-0.39, 0.29) is 24.3 Å². The van der Waals surface area contributed by atoms with Crippen LogP contribution in [-0.2, 0) is 14.3 Å². The zero-order valence-electron chi connectivity index (χ0n) is 11.1. The van der Waals surface area contributed by atoms with Gasteiger partial charge in [0.2, 0.25) is 5.91 Å². The molecule has 17 heavy (non-hydrogen) atoms. The highest BCUT2D eigenvalue weighted by Gasteiger charge is 2.21. The summed E-state index contributed by atoms with van der Waals surface area (Å²) in [5.74, 6) is -0.738. The quantitative estimate of drug-likeness (QED) is 0.701. The summed E-state index contributed by atoms with van der Waals surface area (Å²) in [6.45, 7) is 6.63. The van der Waals surface area contributed by atoms with Crippen molar-refractivity contribution in [2.75, 3.05) is 20.3 Å². The van der Waals surface area contributed by atoms with Gasteiger partial charge in [-0.25, -0.2) is 0 Å². The van der Waals surface area contributed by atoms with Crippen LogP contribution >= 0.6 is 0 Å². The van der Waals surface area contributed by atoms with Crippen molar-refractivity contribution in [1.82, 2.24) is 4.90 Å². The Bertz CT molecular complexity index is 255. The zero-order chi connectivity index (χ0) is 13.4. The number of hydrogen-bond acceptors (Lipinski definition) is 3. The van der Waals surface area contributed by atoms with Crippen LogP contribution in [0.15, 0.2) is 0 Å². The molecule has 0 radical (unpaired) electrons. The van der Waals surface area contributed by atoms with Gasteiger partial charge in [-0.15, -0.1) is 0 Å². The summed E-state index contributed by atoms with van der Waals surface area (Å²) in [5, 5.41) is 8.72. The monoisotopic (exact) mass is 245 g/mol. The van der Waals surface area contributed by atoms with E-state index in [1.165, 1.54) is 0 Å². The molecule has 0 aliphatic carbocycles. The first kappa shape index (κ1) is 15.9. The molecule has 100 valence electrons. The van der Waals surface area contributed by atoms with Crippen LogP contribution in [0.5, 0.6) is 0 Å². The van der Waals surface area contributed by atoms with Crippen molar-refractivity contribution >= 4 is 11.9 Å². The fraction of sp³-hybridized carbons (Fsp3) is 0.833. The Labute approximate surface area is 103 Å². The number of aliphatic carboxylic acids is 1. The van der Waals surface area contributed by atoms with Crippen LogP contribution in [0.1, 0.15) is 33.6 Å². The lowest BCUT2D eigenvalue weighted by molar-refractivity contribution is -0.140. The summed E-state index contributed by atoms with van der Waals surface area (Å²) in [6, 6.07) is -0.264. The molecular formula is C12H23NO4. The number of carboxylic acids is 1.